The van der Waals surface area contributed by atoms with Gasteiger partial charge in [-0.3, -0.25) is 19.2 Å². The second kappa shape index (κ2) is 14.8. The Morgan fingerprint density at radius 1 is 1.06 bits per heavy atom. The Labute approximate surface area is 309 Å². The highest BCUT2D eigenvalue weighted by atomic mass is 16.7. The zero-order valence-electron chi connectivity index (χ0n) is 29.9. The fourth-order valence-electron chi connectivity index (χ4n) is 7.83. The Morgan fingerprint density at radius 2 is 1.78 bits per heavy atom. The quantitative estimate of drug-likeness (QED) is 0.129. The smallest absolute Gasteiger partial charge is 0.408 e. The lowest BCUT2D eigenvalue weighted by Crippen LogP contribution is -2.56. The van der Waals surface area contributed by atoms with Crippen molar-refractivity contribution in [3.8, 4) is 17.2 Å². The second-order valence-electron chi connectivity index (χ2n) is 14.6. The molecule has 1 heterocycles. The molecular weight excluding hydrogens is 710 g/mol. The van der Waals surface area contributed by atoms with E-state index in [4.69, 9.17) is 18.9 Å². The topological polar surface area (TPSA) is 256 Å². The summed E-state index contributed by atoms with van der Waals surface area (Å²) >= 11 is 0. The monoisotopic (exact) mass is 753 g/mol. The van der Waals surface area contributed by atoms with Gasteiger partial charge in [0.25, 0.3) is 0 Å². The molecule has 16 nitrogen and oxygen atoms in total. The lowest BCUT2D eigenvalue weighted by Gasteiger charge is -2.42. The molecule has 4 aliphatic rings. The van der Waals surface area contributed by atoms with Crippen molar-refractivity contribution in [1.82, 2.24) is 5.32 Å². The molecule has 1 unspecified atom stereocenters. The molecule has 16 heteroatoms. The maximum atomic E-state index is 13.9. The number of carboxylic acids is 1. The maximum absolute atomic E-state index is 13.9. The van der Waals surface area contributed by atoms with Gasteiger partial charge in [-0.25, -0.2) is 4.79 Å². The number of Topliss-reactive ketones (excluding diaryl/α,β-unsaturated/α-hetero) is 1. The number of aliphatic carboxylic acids is 1. The Balaban J connectivity index is 1.29. The van der Waals surface area contributed by atoms with Gasteiger partial charge < -0.3 is 54.9 Å². The summed E-state index contributed by atoms with van der Waals surface area (Å²) in [6.45, 7) is 2.05. The molecule has 3 aliphatic carbocycles. The molecular formula is C38H43NO15. The van der Waals surface area contributed by atoms with E-state index in [1.54, 1.807) is 19.1 Å². The van der Waals surface area contributed by atoms with Crippen molar-refractivity contribution in [1.29, 1.82) is 0 Å². The largest absolute Gasteiger partial charge is 0.507 e. The zero-order chi connectivity index (χ0) is 39.3. The highest BCUT2D eigenvalue weighted by Crippen LogP contribution is 2.52. The first-order valence-corrected chi connectivity index (χ1v) is 17.6. The highest BCUT2D eigenvalue weighted by Gasteiger charge is 2.50. The van der Waals surface area contributed by atoms with E-state index in [9.17, 15) is 54.6 Å². The van der Waals surface area contributed by atoms with E-state index in [1.165, 1.54) is 32.2 Å². The number of amides is 1. The van der Waals surface area contributed by atoms with Crippen LogP contribution in [0.25, 0.3) is 0 Å². The van der Waals surface area contributed by atoms with E-state index in [0.717, 1.165) is 0 Å². The number of carboxylic acid groups (broad SMARTS) is 1. The van der Waals surface area contributed by atoms with Gasteiger partial charge >= 0.3 is 12.1 Å². The number of carbonyl (C=O) groups is 5. The van der Waals surface area contributed by atoms with Gasteiger partial charge in [-0.15, -0.1) is 0 Å². The summed E-state index contributed by atoms with van der Waals surface area (Å²) in [5, 5.41) is 67.9. The number of rotatable bonds is 8. The first kappa shape index (κ1) is 38.8. The molecule has 0 radical (unpaired) electrons. The summed E-state index contributed by atoms with van der Waals surface area (Å²) in [4.78, 5) is 65.5. The van der Waals surface area contributed by atoms with Crippen LogP contribution in [-0.4, -0.2) is 110 Å². The number of aromatic hydroxyl groups is 2. The Hall–Kier alpha value is -4.87. The second-order valence-corrected chi connectivity index (χ2v) is 14.6. The number of methoxy groups -OCH3 is 1. The number of benzene rings is 2. The zero-order valence-corrected chi connectivity index (χ0v) is 29.9. The van der Waals surface area contributed by atoms with Crippen LogP contribution in [0.3, 0.4) is 0 Å². The fourth-order valence-corrected chi connectivity index (χ4v) is 7.83. The van der Waals surface area contributed by atoms with Gasteiger partial charge in [0.15, 0.2) is 17.9 Å². The normalized spacial score (nSPS) is 31.1. The minimum Gasteiger partial charge on any atom is -0.507 e. The highest BCUT2D eigenvalue weighted by molar-refractivity contribution is 6.31. The average molecular weight is 754 g/mol. The molecule has 8 atom stereocenters. The van der Waals surface area contributed by atoms with Gasteiger partial charge in [0.2, 0.25) is 5.78 Å². The molecule has 1 aliphatic heterocycles. The van der Waals surface area contributed by atoms with Gasteiger partial charge in [-0.05, 0) is 51.7 Å². The van der Waals surface area contributed by atoms with E-state index in [-0.39, 0.29) is 47.3 Å². The Morgan fingerprint density at radius 3 is 2.46 bits per heavy atom. The van der Waals surface area contributed by atoms with E-state index in [0.29, 0.717) is 12.8 Å². The molecule has 1 amide bonds. The third kappa shape index (κ3) is 6.84. The van der Waals surface area contributed by atoms with Crippen LogP contribution in [0, 0.1) is 5.41 Å². The number of alkyl carbamates (subject to hydrolysis) is 1. The SMILES string of the molecule is COc1cccc2c1C(=O)c1c(O)c3c(c(O)c1C2=O)C[C@@](O)(C(=O)CO)C[C@@H]3OC1C[C@H](NC(=O)O[C@H]2/C=C/CC[C@@](C)(C(=O)O)CC2)[C@H](O)[C@H](C)O1. The minimum absolute atomic E-state index is 0.0494. The number of hydrogen-bond donors (Lipinski definition) is 7. The first-order chi connectivity index (χ1) is 25.5. The molecule has 0 saturated carbocycles. The van der Waals surface area contributed by atoms with E-state index < -0.39 is 119 Å². The molecule has 2 aromatic rings. The molecule has 7 N–H and O–H groups in total. The third-order valence-corrected chi connectivity index (χ3v) is 11.0. The van der Waals surface area contributed by atoms with Crippen molar-refractivity contribution >= 4 is 29.4 Å². The lowest BCUT2D eigenvalue weighted by atomic mass is 9.72. The van der Waals surface area contributed by atoms with Gasteiger partial charge in [-0.1, -0.05) is 18.2 Å². The summed E-state index contributed by atoms with van der Waals surface area (Å²) < 4.78 is 23.0. The number of aliphatic hydroxyl groups is 3. The number of hydrogen-bond acceptors (Lipinski definition) is 14. The van der Waals surface area contributed by atoms with Crippen LogP contribution in [0.15, 0.2) is 30.4 Å². The average Bonchev–Trinajstić information content (AvgIpc) is 3.12. The fraction of sp³-hybridized carbons (Fsp3) is 0.500. The van der Waals surface area contributed by atoms with Crippen molar-refractivity contribution in [2.75, 3.05) is 13.7 Å². The van der Waals surface area contributed by atoms with Crippen LogP contribution in [0.1, 0.15) is 101 Å². The molecule has 0 bridgehead atoms. The Bertz CT molecular complexity index is 1920. The number of aliphatic hydroxyl groups excluding tert-OH is 2. The first-order valence-electron chi connectivity index (χ1n) is 17.6. The van der Waals surface area contributed by atoms with Crippen LogP contribution in [0.4, 0.5) is 4.79 Å². The third-order valence-electron chi connectivity index (χ3n) is 11.0. The molecule has 6 rings (SSSR count). The summed E-state index contributed by atoms with van der Waals surface area (Å²) in [6, 6.07) is 3.25. The summed E-state index contributed by atoms with van der Waals surface area (Å²) in [5.41, 5.74) is -5.16. The number of nitrogens with one attached hydrogen (secondary N) is 1. The number of allylic oxidation sites excluding steroid dienone is 1. The summed E-state index contributed by atoms with van der Waals surface area (Å²) in [5.74, 6) is -5.11. The van der Waals surface area contributed by atoms with Gasteiger partial charge in [0.1, 0.15) is 41.7 Å². The summed E-state index contributed by atoms with van der Waals surface area (Å²) in [6.07, 6.45) is -3.32. The van der Waals surface area contributed by atoms with E-state index >= 15 is 0 Å². The molecule has 2 aromatic carbocycles. The molecule has 1 saturated heterocycles. The van der Waals surface area contributed by atoms with E-state index in [2.05, 4.69) is 5.32 Å². The number of fused-ring (bicyclic) bond motifs is 3. The molecule has 0 aromatic heterocycles. The number of phenolic OH excluding ortho intramolecular Hbond substituents is 2. The standard InChI is InChI=1S/C38H43NO15/c1-17-30(42)21(39-36(49)53-18-7-4-5-11-37(2,12-10-18)35(47)48)13-25(52-17)54-23-15-38(50,24(41)16-40)14-20-27(23)34(46)29-28(32(20)44)31(43)19-8-6-9-22(51-3)26(19)33(29)45/h4,6-9,17-18,21,23,25,30,40,42,44,46,50H,5,10-16H2,1-3H3,(H,39,49)(H,47,48)/b7-4+/t17-,18-,21-,23-,25?,30+,37+,38-/m0/s1. The van der Waals surface area contributed by atoms with Crippen LogP contribution in [-0.2, 0) is 30.2 Å². The van der Waals surface area contributed by atoms with Crippen LogP contribution in [0.2, 0.25) is 0 Å². The van der Waals surface area contributed by atoms with Crippen LogP contribution < -0.4 is 10.1 Å². The molecule has 290 valence electrons. The number of carbonyl (C=O) groups excluding carboxylic acids is 4. The lowest BCUT2D eigenvalue weighted by molar-refractivity contribution is -0.249. The van der Waals surface area contributed by atoms with E-state index in [1.807, 2.05) is 0 Å². The van der Waals surface area contributed by atoms with Crippen molar-refractivity contribution < 1.29 is 73.6 Å². The number of phenols is 2. The van der Waals surface area contributed by atoms with Crippen molar-refractivity contribution in [2.45, 2.75) is 101 Å². The Kier molecular flexibility index (Phi) is 10.6. The predicted octanol–water partition coefficient (Wildman–Crippen LogP) is 2.36. The molecule has 0 spiro atoms. The van der Waals surface area contributed by atoms with Crippen molar-refractivity contribution in [2.24, 2.45) is 5.41 Å². The van der Waals surface area contributed by atoms with Crippen molar-refractivity contribution in [3.05, 3.63) is 63.7 Å². The van der Waals surface area contributed by atoms with Gasteiger partial charge in [-0.2, -0.15) is 0 Å². The minimum atomic E-state index is -2.36. The van der Waals surface area contributed by atoms with Crippen LogP contribution >= 0.6 is 0 Å². The summed E-state index contributed by atoms with van der Waals surface area (Å²) in [7, 11) is 1.30. The molecule has 1 fully saturated rings. The van der Waals surface area contributed by atoms with Crippen molar-refractivity contribution in [3.63, 3.8) is 0 Å². The molecule has 54 heavy (non-hydrogen) atoms. The van der Waals surface area contributed by atoms with Gasteiger partial charge in [0.05, 0.1) is 47.5 Å². The number of ketones is 3. The number of ether oxygens (including phenoxy) is 4. The maximum Gasteiger partial charge on any atom is 0.408 e. The van der Waals surface area contributed by atoms with Crippen LogP contribution in [0.5, 0.6) is 17.2 Å². The van der Waals surface area contributed by atoms with Gasteiger partial charge in [0, 0.05) is 36.0 Å². The predicted molar refractivity (Wildman–Crippen MR) is 184 cm³/mol.